The molecule has 1 aliphatic heterocycles. The fourth-order valence-electron chi connectivity index (χ4n) is 2.48. The van der Waals surface area contributed by atoms with Gasteiger partial charge in [-0.25, -0.2) is 0 Å². The van der Waals surface area contributed by atoms with Gasteiger partial charge < -0.3 is 9.64 Å². The monoisotopic (exact) mass is 274 g/mol. The molecule has 0 amide bonds. The number of hydrogen-bond donors (Lipinski definition) is 0. The van der Waals surface area contributed by atoms with Gasteiger partial charge in [-0.1, -0.05) is 6.07 Å². The number of thiophene rings is 1. The Labute approximate surface area is 117 Å². The standard InChI is InChI=1S/C15H18N2OS/c1-17-9-3-5-12(17)11-18-13-6-2-8-16-15(13)14-7-4-10-19-14/h2,4,6-8,10,12H,3,5,9,11H2,1H3/t12-/m0/s1. The first-order valence-corrected chi connectivity index (χ1v) is 7.54. The van der Waals surface area contributed by atoms with E-state index in [0.29, 0.717) is 6.04 Å². The lowest BCUT2D eigenvalue weighted by Gasteiger charge is -2.20. The van der Waals surface area contributed by atoms with E-state index in [-0.39, 0.29) is 0 Å². The molecule has 3 nitrogen and oxygen atoms in total. The second kappa shape index (κ2) is 5.72. The summed E-state index contributed by atoms with van der Waals surface area (Å²) in [7, 11) is 2.17. The first-order valence-electron chi connectivity index (χ1n) is 6.66. The van der Waals surface area contributed by atoms with Gasteiger partial charge in [0.2, 0.25) is 0 Å². The van der Waals surface area contributed by atoms with Gasteiger partial charge in [-0.2, -0.15) is 0 Å². The van der Waals surface area contributed by atoms with Gasteiger partial charge in [-0.3, -0.25) is 4.98 Å². The van der Waals surface area contributed by atoms with E-state index in [1.165, 1.54) is 19.4 Å². The summed E-state index contributed by atoms with van der Waals surface area (Å²) >= 11 is 1.70. The summed E-state index contributed by atoms with van der Waals surface area (Å²) in [4.78, 5) is 8.00. The zero-order valence-corrected chi connectivity index (χ0v) is 11.9. The minimum Gasteiger partial charge on any atom is -0.490 e. The van der Waals surface area contributed by atoms with Crippen molar-refractivity contribution in [2.75, 3.05) is 20.2 Å². The van der Waals surface area contributed by atoms with Crippen LogP contribution in [0, 0.1) is 0 Å². The Kier molecular flexibility index (Phi) is 3.80. The molecule has 0 radical (unpaired) electrons. The number of rotatable bonds is 4. The van der Waals surface area contributed by atoms with Crippen LogP contribution in [0.4, 0.5) is 0 Å². The molecule has 0 unspecified atom stereocenters. The molecule has 0 N–H and O–H groups in total. The van der Waals surface area contributed by atoms with Gasteiger partial charge in [0.1, 0.15) is 18.1 Å². The molecule has 3 rings (SSSR count). The average molecular weight is 274 g/mol. The van der Waals surface area contributed by atoms with Crippen LogP contribution in [0.3, 0.4) is 0 Å². The van der Waals surface area contributed by atoms with Crippen LogP contribution in [0.1, 0.15) is 12.8 Å². The number of nitrogens with zero attached hydrogens (tertiary/aromatic N) is 2. The first-order chi connectivity index (χ1) is 9.34. The van der Waals surface area contributed by atoms with Gasteiger partial charge in [0.25, 0.3) is 0 Å². The van der Waals surface area contributed by atoms with Crippen molar-refractivity contribution in [2.45, 2.75) is 18.9 Å². The highest BCUT2D eigenvalue weighted by Gasteiger charge is 2.21. The fourth-order valence-corrected chi connectivity index (χ4v) is 3.21. The fraction of sp³-hybridized carbons (Fsp3) is 0.400. The number of aromatic nitrogens is 1. The summed E-state index contributed by atoms with van der Waals surface area (Å²) in [6, 6.07) is 8.61. The minimum atomic E-state index is 0.538. The number of likely N-dealkylation sites (N-methyl/N-ethyl adjacent to an activating group) is 1. The Morgan fingerprint density at radius 1 is 1.42 bits per heavy atom. The molecule has 0 saturated carbocycles. The Morgan fingerprint density at radius 3 is 3.11 bits per heavy atom. The molecule has 0 aromatic carbocycles. The van der Waals surface area contributed by atoms with E-state index in [9.17, 15) is 0 Å². The summed E-state index contributed by atoms with van der Waals surface area (Å²) in [5.74, 6) is 0.894. The highest BCUT2D eigenvalue weighted by atomic mass is 32.1. The summed E-state index contributed by atoms with van der Waals surface area (Å²) < 4.78 is 6.02. The average Bonchev–Trinajstić information content (AvgIpc) is 3.08. The van der Waals surface area contributed by atoms with E-state index >= 15 is 0 Å². The molecule has 1 aliphatic rings. The van der Waals surface area contributed by atoms with Gasteiger partial charge in [-0.15, -0.1) is 11.3 Å². The predicted octanol–water partition coefficient (Wildman–Crippen LogP) is 3.28. The van der Waals surface area contributed by atoms with Gasteiger partial charge >= 0.3 is 0 Å². The van der Waals surface area contributed by atoms with Crippen molar-refractivity contribution in [1.29, 1.82) is 0 Å². The summed E-state index contributed by atoms with van der Waals surface area (Å²) in [6.07, 6.45) is 4.32. The molecule has 0 spiro atoms. The van der Waals surface area contributed by atoms with E-state index in [0.717, 1.165) is 22.9 Å². The predicted molar refractivity (Wildman–Crippen MR) is 78.7 cm³/mol. The van der Waals surface area contributed by atoms with E-state index < -0.39 is 0 Å². The van der Waals surface area contributed by atoms with Crippen molar-refractivity contribution >= 4 is 11.3 Å². The van der Waals surface area contributed by atoms with Crippen molar-refractivity contribution in [3.63, 3.8) is 0 Å². The maximum atomic E-state index is 6.02. The molecular formula is C15H18N2OS. The first kappa shape index (κ1) is 12.6. The normalized spacial score (nSPS) is 19.7. The Balaban J connectivity index is 1.74. The highest BCUT2D eigenvalue weighted by molar-refractivity contribution is 7.13. The van der Waals surface area contributed by atoms with Gasteiger partial charge in [0, 0.05) is 12.2 Å². The summed E-state index contributed by atoms with van der Waals surface area (Å²) in [5.41, 5.74) is 0.957. The molecule has 1 saturated heterocycles. The van der Waals surface area contributed by atoms with E-state index in [1.54, 1.807) is 11.3 Å². The number of pyridine rings is 1. The summed E-state index contributed by atoms with van der Waals surface area (Å²) in [6.45, 7) is 1.93. The Hall–Kier alpha value is -1.39. The van der Waals surface area contributed by atoms with Gasteiger partial charge in [0.15, 0.2) is 0 Å². The number of likely N-dealkylation sites (tertiary alicyclic amines) is 1. The minimum absolute atomic E-state index is 0.538. The molecule has 1 fully saturated rings. The molecule has 3 heterocycles. The molecule has 0 bridgehead atoms. The zero-order chi connectivity index (χ0) is 13.1. The van der Waals surface area contributed by atoms with Gasteiger partial charge in [-0.05, 0) is 50.0 Å². The molecule has 19 heavy (non-hydrogen) atoms. The molecular weight excluding hydrogens is 256 g/mol. The lowest BCUT2D eigenvalue weighted by atomic mass is 10.2. The van der Waals surface area contributed by atoms with Crippen LogP contribution in [0.25, 0.3) is 10.6 Å². The number of ether oxygens (including phenoxy) is 1. The quantitative estimate of drug-likeness (QED) is 0.855. The summed E-state index contributed by atoms with van der Waals surface area (Å²) in [5, 5.41) is 2.07. The van der Waals surface area contributed by atoms with E-state index in [2.05, 4.69) is 28.4 Å². The number of hydrogen-bond acceptors (Lipinski definition) is 4. The Morgan fingerprint density at radius 2 is 2.37 bits per heavy atom. The van der Waals surface area contributed by atoms with Crippen LogP contribution in [0.2, 0.25) is 0 Å². The molecule has 2 aromatic heterocycles. The third kappa shape index (κ3) is 2.80. The van der Waals surface area contributed by atoms with Gasteiger partial charge in [0.05, 0.1) is 4.88 Å². The van der Waals surface area contributed by atoms with Crippen molar-refractivity contribution in [2.24, 2.45) is 0 Å². The van der Waals surface area contributed by atoms with Crippen molar-refractivity contribution in [1.82, 2.24) is 9.88 Å². The third-order valence-electron chi connectivity index (χ3n) is 3.63. The molecule has 1 atom stereocenters. The van der Waals surface area contributed by atoms with Crippen molar-refractivity contribution in [3.8, 4) is 16.3 Å². The third-order valence-corrected chi connectivity index (χ3v) is 4.50. The lowest BCUT2D eigenvalue weighted by Crippen LogP contribution is -2.30. The van der Waals surface area contributed by atoms with Crippen molar-refractivity contribution in [3.05, 3.63) is 35.8 Å². The Bertz CT molecular complexity index is 527. The lowest BCUT2D eigenvalue weighted by molar-refractivity contribution is 0.198. The van der Waals surface area contributed by atoms with Crippen LogP contribution in [0.5, 0.6) is 5.75 Å². The van der Waals surface area contributed by atoms with E-state index in [1.807, 2.05) is 24.4 Å². The second-order valence-electron chi connectivity index (χ2n) is 4.92. The zero-order valence-electron chi connectivity index (χ0n) is 11.1. The smallest absolute Gasteiger partial charge is 0.146 e. The topological polar surface area (TPSA) is 25.4 Å². The molecule has 4 heteroatoms. The molecule has 100 valence electrons. The molecule has 2 aromatic rings. The second-order valence-corrected chi connectivity index (χ2v) is 5.86. The molecule has 0 aliphatic carbocycles. The van der Waals surface area contributed by atoms with Crippen LogP contribution in [-0.4, -0.2) is 36.1 Å². The van der Waals surface area contributed by atoms with Crippen LogP contribution in [-0.2, 0) is 0 Å². The maximum absolute atomic E-state index is 6.02. The highest BCUT2D eigenvalue weighted by Crippen LogP contribution is 2.31. The maximum Gasteiger partial charge on any atom is 0.146 e. The SMILES string of the molecule is CN1CCC[C@H]1COc1cccnc1-c1cccs1. The van der Waals surface area contributed by atoms with Crippen LogP contribution in [0.15, 0.2) is 35.8 Å². The van der Waals surface area contributed by atoms with E-state index in [4.69, 9.17) is 4.74 Å². The van der Waals surface area contributed by atoms with Crippen LogP contribution >= 0.6 is 11.3 Å². The van der Waals surface area contributed by atoms with Crippen LogP contribution < -0.4 is 4.74 Å². The largest absolute Gasteiger partial charge is 0.490 e. The van der Waals surface area contributed by atoms with Crippen molar-refractivity contribution < 1.29 is 4.74 Å².